The maximum Gasteiger partial charge on any atom is 0.214 e. The lowest BCUT2D eigenvalue weighted by Crippen LogP contribution is -2.29. The van der Waals surface area contributed by atoms with Crippen molar-refractivity contribution in [3.05, 3.63) is 150 Å². The smallest absolute Gasteiger partial charge is 0.214 e. The number of nitrogens with zero attached hydrogens (tertiary/aromatic N) is 7. The first-order valence-corrected chi connectivity index (χ1v) is 33.5. The first kappa shape index (κ1) is 81.5. The van der Waals surface area contributed by atoms with Gasteiger partial charge in [-0.15, -0.1) is 0 Å². The van der Waals surface area contributed by atoms with E-state index in [0.717, 1.165) is 34.0 Å². The van der Waals surface area contributed by atoms with Gasteiger partial charge in [-0.1, -0.05) is 299 Å². The van der Waals surface area contributed by atoms with Crippen molar-refractivity contribution in [2.24, 2.45) is 30.4 Å². The number of hydrogen-bond acceptors (Lipinski definition) is 6. The van der Waals surface area contributed by atoms with Gasteiger partial charge in [0.25, 0.3) is 0 Å². The van der Waals surface area contributed by atoms with Crippen molar-refractivity contribution in [1.82, 2.24) is 9.55 Å². The standard InChI is InChI=1S/5C11H13BN.C11H14N2.6C2H6/c1-11(2,3)8-4-5-10-9(6-8)12-7-13-10;1-11(2,3)8-4-5-9-10(6-8)13-7-12-9;1-11(2,3)8-5-4-6-9-10(8)12-7-13-9;1-11(2,3)8-5-4-6-9-10(8)13-7-12-9;1-11(2,3)10-12-8-6-4-5-7-9(8)13-10;1-11(2,3)13-8-12-9-6-4-5-7-10(9)13;6*1-2/h5*4-7H,1-3H3;4-8H,1-3H3;6*1-2H3. The molecular weight excluding hydrogens is 1090 g/mol. The van der Waals surface area contributed by atoms with E-state index < -0.39 is 0 Å². The first-order valence-electron chi connectivity index (χ1n) is 33.5. The third-order valence-corrected chi connectivity index (χ3v) is 13.8. The molecule has 12 heteroatoms. The van der Waals surface area contributed by atoms with Crippen molar-refractivity contribution in [3.8, 4) is 0 Å². The highest BCUT2D eigenvalue weighted by molar-refractivity contribution is 6.89. The molecule has 5 aliphatic heterocycles. The Morgan fingerprint density at radius 1 is 0.344 bits per heavy atom. The van der Waals surface area contributed by atoms with Crippen LogP contribution in [-0.2, 0) is 27.2 Å². The normalized spacial score (nSPS) is 12.4. The highest BCUT2D eigenvalue weighted by atomic mass is 15.1. The van der Waals surface area contributed by atoms with Crippen molar-refractivity contribution in [2.75, 3.05) is 0 Å². The van der Waals surface area contributed by atoms with Crippen LogP contribution in [-0.4, -0.2) is 76.0 Å². The topological polar surface area (TPSA) is 79.6 Å². The van der Waals surface area contributed by atoms with Gasteiger partial charge in [-0.3, -0.25) is 25.0 Å². The molecule has 0 unspecified atom stereocenters. The molecule has 7 aromatic rings. The predicted molar refractivity (Wildman–Crippen MR) is 416 cm³/mol. The molecule has 90 heavy (non-hydrogen) atoms. The molecule has 1 aromatic heterocycles. The van der Waals surface area contributed by atoms with Gasteiger partial charge in [-0.25, -0.2) is 4.98 Å². The largest absolute Gasteiger partial charge is 0.325 e. The van der Waals surface area contributed by atoms with Gasteiger partial charge < -0.3 is 4.57 Å². The van der Waals surface area contributed by atoms with Gasteiger partial charge in [0.2, 0.25) is 36.4 Å². The SMILES string of the molecule is CC.CC.CC.CC.CC.CC.CC(C)(C)C1=Nc2ccccc2[B]1.CC(C)(C)c1ccc2c(c1)N=C[B]2.CC(C)(C)c1ccc2c(c1)[B]C=N2.CC(C)(C)c1cccc2c1N=C[B]2.CC(C)(C)c1cccc2c1[B]C=N2.CC(C)(C)n1cnc2ccccc21. The Balaban J connectivity index is 0.000000522. The molecule has 0 bridgehead atoms. The molecule has 7 nitrogen and oxygen atoms in total. The lowest BCUT2D eigenvalue weighted by molar-refractivity contribution is 0.408. The summed E-state index contributed by atoms with van der Waals surface area (Å²) in [4.78, 5) is 26.1. The Kier molecular flexibility index (Phi) is 34.7. The van der Waals surface area contributed by atoms with Crippen LogP contribution >= 0.6 is 0 Å². The second-order valence-electron chi connectivity index (χ2n) is 26.5. The molecule has 0 amide bonds. The lowest BCUT2D eigenvalue weighted by Gasteiger charge is -2.22. The fraction of sp³-hybridized carbons (Fsp3) is 0.462. The van der Waals surface area contributed by atoms with Crippen LogP contribution in [0.25, 0.3) is 11.0 Å². The first-order chi connectivity index (χ1) is 42.5. The number of para-hydroxylation sites is 4. The molecule has 5 aliphatic rings. The van der Waals surface area contributed by atoms with Crippen LogP contribution in [0.2, 0.25) is 0 Å². The van der Waals surface area contributed by atoms with E-state index in [2.05, 4.69) is 285 Å². The minimum absolute atomic E-state index is 0.107. The molecule has 0 aliphatic carbocycles. The third kappa shape index (κ3) is 24.6. The maximum atomic E-state index is 4.58. The van der Waals surface area contributed by atoms with Gasteiger partial charge in [0.15, 0.2) is 0 Å². The third-order valence-electron chi connectivity index (χ3n) is 13.8. The van der Waals surface area contributed by atoms with Crippen molar-refractivity contribution in [1.29, 1.82) is 0 Å². The number of rotatable bonds is 0. The molecule has 0 saturated carbocycles. The molecule has 6 heterocycles. The number of aromatic nitrogens is 2. The lowest BCUT2D eigenvalue weighted by atomic mass is 9.59. The van der Waals surface area contributed by atoms with E-state index in [9.17, 15) is 0 Å². The summed E-state index contributed by atoms with van der Waals surface area (Å²) in [5.41, 5.74) is 21.8. The molecular formula is C78H115B5N7. The van der Waals surface area contributed by atoms with E-state index in [0.29, 0.717) is 0 Å². The second-order valence-corrected chi connectivity index (χ2v) is 26.5. The molecule has 0 atom stereocenters. The second kappa shape index (κ2) is 38.3. The molecule has 0 saturated heterocycles. The fourth-order valence-corrected chi connectivity index (χ4v) is 9.15. The summed E-state index contributed by atoms with van der Waals surface area (Å²) in [5.74, 6) is 0. The molecule has 0 N–H and O–H groups in total. The van der Waals surface area contributed by atoms with E-state index in [1.807, 2.05) is 145 Å². The van der Waals surface area contributed by atoms with Crippen molar-refractivity contribution in [2.45, 2.75) is 235 Å². The van der Waals surface area contributed by atoms with E-state index in [1.54, 1.807) is 0 Å². The molecule has 6 aromatic carbocycles. The van der Waals surface area contributed by atoms with Crippen molar-refractivity contribution < 1.29 is 0 Å². The van der Waals surface area contributed by atoms with E-state index in [4.69, 9.17) is 0 Å². The number of imidazole rings is 1. The maximum absolute atomic E-state index is 4.58. The minimum atomic E-state index is 0.107. The van der Waals surface area contributed by atoms with Crippen molar-refractivity contribution >= 4 is 133 Å². The van der Waals surface area contributed by atoms with Gasteiger partial charge in [0.05, 0.1) is 45.8 Å². The van der Waals surface area contributed by atoms with Gasteiger partial charge in [0, 0.05) is 5.54 Å². The van der Waals surface area contributed by atoms with Gasteiger partial charge in [-0.05, 0) is 137 Å². The Morgan fingerprint density at radius 3 is 1.39 bits per heavy atom. The van der Waals surface area contributed by atoms with Gasteiger partial charge >= 0.3 is 0 Å². The summed E-state index contributed by atoms with van der Waals surface area (Å²) in [5, 5.41) is 0. The summed E-state index contributed by atoms with van der Waals surface area (Å²) in [6, 6.07) is 42.1. The van der Waals surface area contributed by atoms with Crippen LogP contribution in [0.4, 0.5) is 28.4 Å². The number of benzene rings is 6. The number of aliphatic imine (C=N–C) groups is 5. The molecule has 12 rings (SSSR count). The minimum Gasteiger partial charge on any atom is -0.325 e. The average molecular weight is 1200 g/mol. The number of fused-ring (bicyclic) bond motifs is 6. The summed E-state index contributed by atoms with van der Waals surface area (Å²) < 4.78 is 2.20. The Bertz CT molecular complexity index is 3400. The van der Waals surface area contributed by atoms with Crippen LogP contribution in [0, 0.1) is 5.41 Å². The molecule has 0 fully saturated rings. The van der Waals surface area contributed by atoms with E-state index in [1.165, 1.54) is 60.7 Å². The summed E-state index contributed by atoms with van der Waals surface area (Å²) in [6.07, 6.45) is 9.37. The van der Waals surface area contributed by atoms with Crippen molar-refractivity contribution in [3.63, 3.8) is 0 Å². The summed E-state index contributed by atoms with van der Waals surface area (Å²) in [7, 11) is 10.4. The molecule has 5 radical (unpaired) electrons. The van der Waals surface area contributed by atoms with E-state index in [-0.39, 0.29) is 32.6 Å². The summed E-state index contributed by atoms with van der Waals surface area (Å²) in [6.45, 7) is 63.8. The predicted octanol–water partition coefficient (Wildman–Crippen LogP) is 19.0. The zero-order valence-electron chi connectivity index (χ0n) is 62.0. The van der Waals surface area contributed by atoms with E-state index >= 15 is 0 Å². The van der Waals surface area contributed by atoms with Gasteiger partial charge in [0.1, 0.15) is 0 Å². The quantitative estimate of drug-likeness (QED) is 0.139. The van der Waals surface area contributed by atoms with Crippen LogP contribution in [0.15, 0.2) is 153 Å². The molecule has 477 valence electrons. The van der Waals surface area contributed by atoms with Crippen LogP contribution < -0.4 is 27.3 Å². The number of hydrogen-bond donors (Lipinski definition) is 0. The Hall–Kier alpha value is -6.54. The monoisotopic (exact) mass is 1200 g/mol. The molecule has 0 spiro atoms. The van der Waals surface area contributed by atoms with Crippen LogP contribution in [0.1, 0.15) is 230 Å². The summed E-state index contributed by atoms with van der Waals surface area (Å²) >= 11 is 0. The zero-order chi connectivity index (χ0) is 68.8. The zero-order valence-corrected chi connectivity index (χ0v) is 62.0. The van der Waals surface area contributed by atoms with Crippen LogP contribution in [0.5, 0.6) is 0 Å². The fourth-order valence-electron chi connectivity index (χ4n) is 9.15. The highest BCUT2D eigenvalue weighted by Crippen LogP contribution is 2.32. The Morgan fingerprint density at radius 2 is 0.811 bits per heavy atom. The average Bonchev–Trinajstić information content (AvgIpc) is 4.11. The highest BCUT2D eigenvalue weighted by Gasteiger charge is 2.26. The Labute approximate surface area is 554 Å². The van der Waals surface area contributed by atoms with Gasteiger partial charge in [-0.2, -0.15) is 0 Å². The van der Waals surface area contributed by atoms with Crippen LogP contribution in [0.3, 0.4) is 0 Å².